The summed E-state index contributed by atoms with van der Waals surface area (Å²) < 4.78 is 54.9. The first-order valence-corrected chi connectivity index (χ1v) is 14.5. The number of carbonyl (C=O) groups is 1. The van der Waals surface area contributed by atoms with Crippen LogP contribution < -0.4 is 26.2 Å². The summed E-state index contributed by atoms with van der Waals surface area (Å²) in [6, 6.07) is 2.35. The maximum Gasteiger partial charge on any atom is 0.242 e. The molecule has 0 radical (unpaired) electrons. The number of aliphatic imine (C=N–C) groups is 1. The number of benzene rings is 1. The van der Waals surface area contributed by atoms with Crippen LogP contribution in [0.1, 0.15) is 49.1 Å². The van der Waals surface area contributed by atoms with Crippen molar-refractivity contribution < 1.29 is 21.6 Å². The molecule has 13 nitrogen and oxygen atoms in total. The normalized spacial score (nSPS) is 25.0. The highest BCUT2D eigenvalue weighted by atomic mass is 32.2. The number of hydrogen-bond donors (Lipinski definition) is 5. The van der Waals surface area contributed by atoms with E-state index in [4.69, 9.17) is 10.9 Å². The molecule has 1 unspecified atom stereocenters. The zero-order valence-corrected chi connectivity index (χ0v) is 20.7. The molecule has 2 heterocycles. The number of nitrogens with one attached hydrogen (secondary N) is 3. The van der Waals surface area contributed by atoms with Crippen molar-refractivity contribution >= 4 is 31.8 Å². The molecule has 1 saturated carbocycles. The minimum atomic E-state index is -4.52. The van der Waals surface area contributed by atoms with Crippen LogP contribution in [0, 0.1) is 0 Å². The predicted molar refractivity (Wildman–Crippen MR) is 128 cm³/mol. The predicted octanol–water partition coefficient (Wildman–Crippen LogP) is -0.755. The highest BCUT2D eigenvalue weighted by molar-refractivity contribution is 7.92. The fourth-order valence-corrected chi connectivity index (χ4v) is 7.81. The number of primary sulfonamides is 1. The second-order valence-electron chi connectivity index (χ2n) is 8.91. The third-order valence-electron chi connectivity index (χ3n) is 6.45. The first kappa shape index (κ1) is 25.8. The molecule has 2 fully saturated rings. The van der Waals surface area contributed by atoms with Crippen molar-refractivity contribution in [3.63, 3.8) is 0 Å². The molecule has 1 aliphatic carbocycles. The lowest BCUT2D eigenvalue weighted by atomic mass is 9.79. The van der Waals surface area contributed by atoms with Crippen molar-refractivity contribution in [2.45, 2.75) is 59.9 Å². The van der Waals surface area contributed by atoms with E-state index >= 15 is 0 Å². The molecular weight excluding hydrogens is 496 g/mol. The van der Waals surface area contributed by atoms with Crippen molar-refractivity contribution in [1.29, 1.82) is 0 Å². The van der Waals surface area contributed by atoms with Crippen LogP contribution in [0.2, 0.25) is 0 Å². The molecule has 0 bridgehead atoms. The summed E-state index contributed by atoms with van der Waals surface area (Å²) in [5, 5.41) is 19.4. The van der Waals surface area contributed by atoms with Gasteiger partial charge in [0, 0.05) is 24.2 Å². The zero-order valence-electron chi connectivity index (χ0n) is 19.1. The number of amidine groups is 1. The fraction of sp³-hybridized carbons (Fsp3) is 0.600. The van der Waals surface area contributed by atoms with Gasteiger partial charge in [-0.2, -0.15) is 5.11 Å². The first-order chi connectivity index (χ1) is 16.6. The van der Waals surface area contributed by atoms with Crippen LogP contribution in [-0.2, 0) is 24.8 Å². The molecule has 15 heteroatoms. The molecule has 1 aromatic rings. The quantitative estimate of drug-likeness (QED) is 0.292. The number of azo groups is 1. The van der Waals surface area contributed by atoms with E-state index in [0.29, 0.717) is 37.9 Å². The average molecular weight is 527 g/mol. The molecule has 3 aliphatic rings. The van der Waals surface area contributed by atoms with Crippen molar-refractivity contribution in [1.82, 2.24) is 15.4 Å². The van der Waals surface area contributed by atoms with Crippen LogP contribution in [0.4, 0.5) is 0 Å². The molecule has 1 saturated heterocycles. The number of amides is 1. The molecule has 35 heavy (non-hydrogen) atoms. The maximum absolute atomic E-state index is 13.3. The zero-order chi connectivity index (χ0) is 25.2. The van der Waals surface area contributed by atoms with Gasteiger partial charge >= 0.3 is 0 Å². The summed E-state index contributed by atoms with van der Waals surface area (Å²) in [6.07, 6.45) is 3.33. The third-order valence-corrected chi connectivity index (χ3v) is 9.13. The Kier molecular flexibility index (Phi) is 7.63. The van der Waals surface area contributed by atoms with Crippen LogP contribution in [0.25, 0.3) is 0 Å². The number of nitrogens with two attached hydrogens (primary N) is 2. The molecule has 0 aromatic heterocycles. The second kappa shape index (κ2) is 10.4. The summed E-state index contributed by atoms with van der Waals surface area (Å²) in [6.45, 7) is 0.963. The van der Waals surface area contributed by atoms with E-state index in [1.165, 1.54) is 6.07 Å². The number of nitrogens with zero attached hydrogens (tertiary/aromatic N) is 3. The molecular formula is C20H30N8O5S2. The van der Waals surface area contributed by atoms with Gasteiger partial charge in [-0.05, 0) is 49.8 Å². The van der Waals surface area contributed by atoms with Crippen molar-refractivity contribution in [2.24, 2.45) is 26.1 Å². The standard InChI is InChI=1S/C20H30N8O5S2/c21-9-17(29)26-13-3-1-2-12(8-13)15-4-5-16(35(32,33)28-14-6-7-23-10-14)19(34(22,30)31)18(15)20-24-11-25-27-20/h4-5,12-14,23,28H,1-3,6-11,21H2,(H,26,29)(H2,22,30,31)/t12-,13?,14-/m1/s1. The minimum absolute atomic E-state index is 0.00164. The fourth-order valence-electron chi connectivity index (χ4n) is 4.93. The van der Waals surface area contributed by atoms with Gasteiger partial charge in [-0.1, -0.05) is 12.5 Å². The van der Waals surface area contributed by atoms with Gasteiger partial charge in [0.05, 0.1) is 6.54 Å². The smallest absolute Gasteiger partial charge is 0.242 e. The van der Waals surface area contributed by atoms with Crippen molar-refractivity contribution in [3.8, 4) is 0 Å². The number of rotatable bonds is 8. The topological polar surface area (TPSA) is 211 Å². The second-order valence-corrected chi connectivity index (χ2v) is 12.1. The molecule has 1 amide bonds. The molecule has 3 atom stereocenters. The Labute approximate surface area is 204 Å². The SMILES string of the molecule is NCC(=O)NC1CCC[C@@H](c2ccc(S(=O)(=O)N[C@@H]3CCNC3)c(S(N)(=O)=O)c2C2=NCN=N2)C1. The Morgan fingerprint density at radius 3 is 2.57 bits per heavy atom. The van der Waals surface area contributed by atoms with Gasteiger partial charge in [-0.25, -0.2) is 31.7 Å². The Morgan fingerprint density at radius 2 is 1.94 bits per heavy atom. The van der Waals surface area contributed by atoms with Gasteiger partial charge in [-0.15, -0.1) is 5.11 Å². The van der Waals surface area contributed by atoms with E-state index in [0.717, 1.165) is 12.8 Å². The summed E-state index contributed by atoms with van der Waals surface area (Å²) in [4.78, 5) is 15.0. The van der Waals surface area contributed by atoms with Gasteiger partial charge in [0.1, 0.15) is 9.79 Å². The van der Waals surface area contributed by atoms with Crippen molar-refractivity contribution in [3.05, 3.63) is 23.3 Å². The molecule has 4 rings (SSSR count). The van der Waals surface area contributed by atoms with Gasteiger partial charge < -0.3 is 16.4 Å². The summed E-state index contributed by atoms with van der Waals surface area (Å²) in [5.74, 6) is -0.440. The van der Waals surface area contributed by atoms with Crippen LogP contribution >= 0.6 is 0 Å². The highest BCUT2D eigenvalue weighted by Gasteiger charge is 2.36. The summed E-state index contributed by atoms with van der Waals surface area (Å²) in [7, 11) is -8.75. The van der Waals surface area contributed by atoms with Gasteiger partial charge in [0.25, 0.3) is 0 Å². The Balaban J connectivity index is 1.83. The average Bonchev–Trinajstić information content (AvgIpc) is 3.52. The number of hydrogen-bond acceptors (Lipinski definition) is 10. The first-order valence-electron chi connectivity index (χ1n) is 11.4. The van der Waals surface area contributed by atoms with E-state index in [9.17, 15) is 21.6 Å². The van der Waals surface area contributed by atoms with E-state index in [2.05, 4.69) is 30.6 Å². The highest BCUT2D eigenvalue weighted by Crippen LogP contribution is 2.39. The molecule has 0 spiro atoms. The van der Waals surface area contributed by atoms with Crippen LogP contribution in [0.3, 0.4) is 0 Å². The van der Waals surface area contributed by atoms with Crippen LogP contribution in [0.15, 0.2) is 37.1 Å². The summed E-state index contributed by atoms with van der Waals surface area (Å²) in [5.41, 5.74) is 6.04. The van der Waals surface area contributed by atoms with Crippen LogP contribution in [0.5, 0.6) is 0 Å². The lowest BCUT2D eigenvalue weighted by Gasteiger charge is -2.31. The number of sulfonamides is 2. The molecule has 1 aromatic carbocycles. The Bertz CT molecular complexity index is 1260. The number of carbonyl (C=O) groups excluding carboxylic acids is 1. The lowest BCUT2D eigenvalue weighted by Crippen LogP contribution is -2.41. The minimum Gasteiger partial charge on any atom is -0.352 e. The van der Waals surface area contributed by atoms with Crippen molar-refractivity contribution in [2.75, 3.05) is 26.3 Å². The van der Waals surface area contributed by atoms with E-state index in [1.54, 1.807) is 6.07 Å². The Morgan fingerprint density at radius 1 is 1.14 bits per heavy atom. The molecule has 7 N–H and O–H groups in total. The summed E-state index contributed by atoms with van der Waals surface area (Å²) >= 11 is 0. The van der Waals surface area contributed by atoms with Gasteiger partial charge in [0.2, 0.25) is 26.0 Å². The Hall–Kier alpha value is -2.30. The lowest BCUT2D eigenvalue weighted by molar-refractivity contribution is -0.120. The van der Waals surface area contributed by atoms with E-state index < -0.39 is 29.8 Å². The molecule has 2 aliphatic heterocycles. The van der Waals surface area contributed by atoms with E-state index in [-0.39, 0.29) is 48.5 Å². The van der Waals surface area contributed by atoms with E-state index in [1.807, 2.05) is 0 Å². The maximum atomic E-state index is 13.3. The largest absolute Gasteiger partial charge is 0.352 e. The van der Waals surface area contributed by atoms with Gasteiger partial charge in [-0.3, -0.25) is 4.79 Å². The monoisotopic (exact) mass is 526 g/mol. The third kappa shape index (κ3) is 5.76. The molecule has 192 valence electrons. The van der Waals surface area contributed by atoms with Gasteiger partial charge in [0.15, 0.2) is 12.5 Å². The van der Waals surface area contributed by atoms with Crippen LogP contribution in [-0.4, -0.2) is 67.0 Å².